The maximum Gasteiger partial charge on any atom is 0.328 e. The number of carbonyl (C=O) groups is 1. The zero-order chi connectivity index (χ0) is 15.5. The van der Waals surface area contributed by atoms with Crippen LogP contribution in [0.15, 0.2) is 50.5 Å². The van der Waals surface area contributed by atoms with Crippen molar-refractivity contribution in [3.63, 3.8) is 0 Å². The van der Waals surface area contributed by atoms with E-state index in [4.69, 9.17) is 5.11 Å². The van der Waals surface area contributed by atoms with Crippen molar-refractivity contribution in [2.24, 2.45) is 0 Å². The molecule has 0 radical (unpaired) electrons. The van der Waals surface area contributed by atoms with Gasteiger partial charge in [0.2, 0.25) is 0 Å². The topological polar surface area (TPSA) is 83.5 Å². The minimum Gasteiger partial charge on any atom is -0.478 e. The van der Waals surface area contributed by atoms with Gasteiger partial charge in [-0.3, -0.25) is 4.72 Å². The molecule has 0 aliphatic rings. The molecule has 1 heterocycles. The second-order valence-corrected chi connectivity index (χ2v) is 8.33. The summed E-state index contributed by atoms with van der Waals surface area (Å²) >= 11 is 4.32. The summed E-state index contributed by atoms with van der Waals surface area (Å²) in [6.45, 7) is 0. The van der Waals surface area contributed by atoms with Crippen molar-refractivity contribution in [2.75, 3.05) is 4.72 Å². The summed E-state index contributed by atoms with van der Waals surface area (Å²) in [5.41, 5.74) is 0.956. The van der Waals surface area contributed by atoms with Gasteiger partial charge in [0.1, 0.15) is 4.21 Å². The number of hydrogen-bond donors (Lipinski definition) is 2. The number of rotatable bonds is 5. The third-order valence-electron chi connectivity index (χ3n) is 2.37. The molecule has 5 nitrogen and oxygen atoms in total. The fourth-order valence-corrected chi connectivity index (χ4v) is 4.58. The Morgan fingerprint density at radius 3 is 2.67 bits per heavy atom. The number of nitrogens with one attached hydrogen (secondary N) is 1. The van der Waals surface area contributed by atoms with Gasteiger partial charge in [-0.1, -0.05) is 12.1 Å². The Bertz CT molecular complexity index is 796. The molecule has 0 aliphatic carbocycles. The average Bonchev–Trinajstić information content (AvgIpc) is 2.84. The molecular weight excluding hydrogens is 378 g/mol. The lowest BCUT2D eigenvalue weighted by Gasteiger charge is -2.06. The van der Waals surface area contributed by atoms with E-state index in [1.165, 1.54) is 12.1 Å². The number of sulfonamides is 1. The summed E-state index contributed by atoms with van der Waals surface area (Å²) in [5.74, 6) is -1.07. The van der Waals surface area contributed by atoms with Gasteiger partial charge in [-0.2, -0.15) is 0 Å². The van der Waals surface area contributed by atoms with E-state index in [-0.39, 0.29) is 4.21 Å². The largest absolute Gasteiger partial charge is 0.478 e. The number of carboxylic acid groups (broad SMARTS) is 1. The predicted molar refractivity (Wildman–Crippen MR) is 85.9 cm³/mol. The van der Waals surface area contributed by atoms with E-state index in [0.29, 0.717) is 11.3 Å². The number of anilines is 1. The lowest BCUT2D eigenvalue weighted by Crippen LogP contribution is -2.11. The molecule has 0 aliphatic heterocycles. The molecule has 0 atom stereocenters. The molecule has 0 amide bonds. The van der Waals surface area contributed by atoms with E-state index in [9.17, 15) is 13.2 Å². The van der Waals surface area contributed by atoms with E-state index in [0.717, 1.165) is 21.2 Å². The van der Waals surface area contributed by atoms with Crippen LogP contribution in [0.1, 0.15) is 5.56 Å². The molecule has 0 saturated carbocycles. The molecule has 0 fully saturated rings. The van der Waals surface area contributed by atoms with Crippen LogP contribution in [0.25, 0.3) is 6.08 Å². The minimum absolute atomic E-state index is 0.195. The molecule has 0 unspecified atom stereocenters. The summed E-state index contributed by atoms with van der Waals surface area (Å²) < 4.78 is 27.7. The Morgan fingerprint density at radius 2 is 2.05 bits per heavy atom. The molecule has 0 saturated heterocycles. The van der Waals surface area contributed by atoms with Crippen LogP contribution >= 0.6 is 27.3 Å². The van der Waals surface area contributed by atoms with Crippen LogP contribution in [0.2, 0.25) is 0 Å². The van der Waals surface area contributed by atoms with Crippen molar-refractivity contribution in [3.8, 4) is 0 Å². The van der Waals surface area contributed by atoms with E-state index in [1.54, 1.807) is 30.3 Å². The highest BCUT2D eigenvalue weighted by Gasteiger charge is 2.16. The van der Waals surface area contributed by atoms with Crippen molar-refractivity contribution in [1.29, 1.82) is 0 Å². The van der Waals surface area contributed by atoms with E-state index >= 15 is 0 Å². The summed E-state index contributed by atoms with van der Waals surface area (Å²) in [6, 6.07) is 9.64. The lowest BCUT2D eigenvalue weighted by atomic mass is 10.2. The number of carboxylic acids is 1. The third kappa shape index (κ3) is 4.42. The molecule has 2 rings (SSSR count). The Morgan fingerprint density at radius 1 is 1.29 bits per heavy atom. The van der Waals surface area contributed by atoms with Crippen LogP contribution in [0.4, 0.5) is 5.69 Å². The van der Waals surface area contributed by atoms with Gasteiger partial charge in [0.25, 0.3) is 10.0 Å². The normalized spacial score (nSPS) is 11.7. The Balaban J connectivity index is 2.23. The quantitative estimate of drug-likeness (QED) is 0.769. The van der Waals surface area contributed by atoms with Crippen LogP contribution in [0.3, 0.4) is 0 Å². The van der Waals surface area contributed by atoms with Crippen molar-refractivity contribution >= 4 is 55.0 Å². The summed E-state index contributed by atoms with van der Waals surface area (Å²) in [6.07, 6.45) is 2.38. The lowest BCUT2D eigenvalue weighted by molar-refractivity contribution is -0.131. The van der Waals surface area contributed by atoms with Crippen molar-refractivity contribution < 1.29 is 18.3 Å². The van der Waals surface area contributed by atoms with Gasteiger partial charge in [-0.05, 0) is 51.8 Å². The summed E-state index contributed by atoms with van der Waals surface area (Å²) in [4.78, 5) is 10.5. The predicted octanol–water partition coefficient (Wildman–Crippen LogP) is 3.41. The second-order valence-electron chi connectivity index (χ2n) is 3.96. The first-order chi connectivity index (χ1) is 9.87. The maximum atomic E-state index is 12.2. The SMILES string of the molecule is O=C(O)/C=C/c1cccc(NS(=O)(=O)c2ccc(Br)s2)c1. The van der Waals surface area contributed by atoms with Gasteiger partial charge < -0.3 is 5.11 Å². The van der Waals surface area contributed by atoms with Gasteiger partial charge >= 0.3 is 5.97 Å². The van der Waals surface area contributed by atoms with Gasteiger partial charge in [-0.25, -0.2) is 13.2 Å². The zero-order valence-electron chi connectivity index (χ0n) is 10.5. The van der Waals surface area contributed by atoms with E-state index < -0.39 is 16.0 Å². The Hall–Kier alpha value is -1.64. The first-order valence-electron chi connectivity index (χ1n) is 5.66. The van der Waals surface area contributed by atoms with Crippen molar-refractivity contribution in [3.05, 3.63) is 51.8 Å². The van der Waals surface area contributed by atoms with Crippen LogP contribution in [-0.2, 0) is 14.8 Å². The number of hydrogen-bond acceptors (Lipinski definition) is 4. The molecule has 110 valence electrons. The molecular formula is C13H10BrNO4S2. The highest BCUT2D eigenvalue weighted by Crippen LogP contribution is 2.27. The average molecular weight is 388 g/mol. The fraction of sp³-hybridized carbons (Fsp3) is 0. The van der Waals surface area contributed by atoms with Crippen LogP contribution < -0.4 is 4.72 Å². The number of thiophene rings is 1. The number of halogens is 1. The molecule has 2 aromatic rings. The highest BCUT2D eigenvalue weighted by atomic mass is 79.9. The fourth-order valence-electron chi connectivity index (χ4n) is 1.52. The number of aliphatic carboxylic acids is 1. The van der Waals surface area contributed by atoms with Crippen LogP contribution in [-0.4, -0.2) is 19.5 Å². The minimum atomic E-state index is -3.64. The standard InChI is InChI=1S/C13H10BrNO4S2/c14-11-5-7-13(20-11)21(18,19)15-10-3-1-2-9(8-10)4-6-12(16)17/h1-8,15H,(H,16,17)/b6-4+. The zero-order valence-corrected chi connectivity index (χ0v) is 13.7. The highest BCUT2D eigenvalue weighted by molar-refractivity contribution is 9.11. The Kier molecular flexibility index (Phi) is 4.81. The summed E-state index contributed by atoms with van der Waals surface area (Å²) in [7, 11) is -3.64. The van der Waals surface area contributed by atoms with Gasteiger partial charge in [-0.15, -0.1) is 11.3 Å². The molecule has 0 bridgehead atoms. The number of benzene rings is 1. The molecule has 2 N–H and O–H groups in total. The van der Waals surface area contributed by atoms with E-state index in [1.807, 2.05) is 0 Å². The molecule has 1 aromatic carbocycles. The third-order valence-corrected chi connectivity index (χ3v) is 5.87. The monoisotopic (exact) mass is 387 g/mol. The van der Waals surface area contributed by atoms with E-state index in [2.05, 4.69) is 20.7 Å². The first-order valence-corrected chi connectivity index (χ1v) is 8.75. The smallest absolute Gasteiger partial charge is 0.328 e. The molecule has 1 aromatic heterocycles. The van der Waals surface area contributed by atoms with Crippen LogP contribution in [0, 0.1) is 0 Å². The van der Waals surface area contributed by atoms with Gasteiger partial charge in [0.05, 0.1) is 3.79 Å². The van der Waals surface area contributed by atoms with Crippen molar-refractivity contribution in [2.45, 2.75) is 4.21 Å². The molecule has 8 heteroatoms. The maximum absolute atomic E-state index is 12.2. The second kappa shape index (κ2) is 6.42. The summed E-state index contributed by atoms with van der Waals surface area (Å²) in [5, 5.41) is 8.58. The Labute approximate surface area is 134 Å². The van der Waals surface area contributed by atoms with Crippen LogP contribution in [0.5, 0.6) is 0 Å². The van der Waals surface area contributed by atoms with Gasteiger partial charge in [0.15, 0.2) is 0 Å². The molecule has 21 heavy (non-hydrogen) atoms. The van der Waals surface area contributed by atoms with Crippen molar-refractivity contribution in [1.82, 2.24) is 0 Å². The first kappa shape index (κ1) is 15.7. The van der Waals surface area contributed by atoms with Gasteiger partial charge in [0, 0.05) is 11.8 Å². The molecule has 0 spiro atoms.